The second-order valence-corrected chi connectivity index (χ2v) is 5.46. The van der Waals surface area contributed by atoms with Crippen molar-refractivity contribution in [2.75, 3.05) is 11.9 Å². The summed E-state index contributed by atoms with van der Waals surface area (Å²) < 4.78 is 5.16. The van der Waals surface area contributed by atoms with E-state index in [9.17, 15) is 0 Å². The molecule has 22 heavy (non-hydrogen) atoms. The molecule has 0 fully saturated rings. The van der Waals surface area contributed by atoms with Gasteiger partial charge in [0, 0.05) is 11.4 Å². The average Bonchev–Trinajstić information content (AvgIpc) is 2.92. The minimum atomic E-state index is 0.189. The summed E-state index contributed by atoms with van der Waals surface area (Å²) in [7, 11) is 0. The Bertz CT molecular complexity index is 667. The van der Waals surface area contributed by atoms with E-state index in [0.717, 1.165) is 30.0 Å². The summed E-state index contributed by atoms with van der Waals surface area (Å²) in [6, 6.07) is 14.8. The number of aryl methyl sites for hydroxylation is 2. The molecule has 5 nitrogen and oxygen atoms in total. The lowest BCUT2D eigenvalue weighted by molar-refractivity contribution is 0.308. The topological polar surface area (TPSA) is 72.5 Å². The minimum Gasteiger partial charge on any atom is -0.463 e. The average molecular weight is 296 g/mol. The second-order valence-electron chi connectivity index (χ2n) is 5.46. The van der Waals surface area contributed by atoms with Crippen molar-refractivity contribution in [2.24, 2.45) is 10.7 Å². The lowest BCUT2D eigenvalue weighted by Crippen LogP contribution is -2.10. The van der Waals surface area contributed by atoms with Crippen LogP contribution in [-0.4, -0.2) is 23.7 Å². The fraction of sp³-hybridized carbons (Fsp3) is 0.294. The number of aliphatic imine (C=N–C) groups is 1. The van der Waals surface area contributed by atoms with Crippen LogP contribution in [0.25, 0.3) is 0 Å². The summed E-state index contributed by atoms with van der Waals surface area (Å²) in [5.74, 6) is 0.862. The highest BCUT2D eigenvalue weighted by atomic mass is 16.5. The Balaban J connectivity index is 1.56. The maximum absolute atomic E-state index is 5.51. The molecule has 0 radical (unpaired) electrons. The SMILES string of the molecule is Cc1cccc(Nc2ccc(CC[C@H]3COC(N)=N3)cc2)n1. The number of pyridine rings is 1. The third-order valence-corrected chi connectivity index (χ3v) is 3.61. The van der Waals surface area contributed by atoms with Crippen molar-refractivity contribution in [1.82, 2.24) is 4.98 Å². The standard InChI is InChI=1S/C17H20N4O/c1-12-3-2-4-16(19-12)20-14-8-5-13(6-9-14)7-10-15-11-22-17(18)21-15/h2-6,8-9,15H,7,10-11H2,1H3,(H2,18,21)(H,19,20)/t15-/m0/s1. The molecule has 0 saturated heterocycles. The molecular formula is C17H20N4O. The molecule has 0 aliphatic carbocycles. The van der Waals surface area contributed by atoms with E-state index in [1.165, 1.54) is 5.56 Å². The molecule has 0 saturated carbocycles. The lowest BCUT2D eigenvalue weighted by Gasteiger charge is -2.08. The van der Waals surface area contributed by atoms with Crippen LogP contribution in [-0.2, 0) is 11.2 Å². The Morgan fingerprint density at radius 2 is 2.05 bits per heavy atom. The van der Waals surface area contributed by atoms with Crippen LogP contribution in [0, 0.1) is 6.92 Å². The van der Waals surface area contributed by atoms with Gasteiger partial charge in [-0.1, -0.05) is 18.2 Å². The lowest BCUT2D eigenvalue weighted by atomic mass is 10.1. The summed E-state index contributed by atoms with van der Waals surface area (Å²) in [6.07, 6.45) is 1.92. The van der Waals surface area contributed by atoms with Gasteiger partial charge >= 0.3 is 0 Å². The van der Waals surface area contributed by atoms with Gasteiger partial charge in [-0.25, -0.2) is 9.98 Å². The summed E-state index contributed by atoms with van der Waals surface area (Å²) in [5, 5.41) is 3.31. The normalized spacial score (nSPS) is 17.0. The number of ether oxygens (including phenoxy) is 1. The van der Waals surface area contributed by atoms with Crippen molar-refractivity contribution in [2.45, 2.75) is 25.8 Å². The Morgan fingerprint density at radius 3 is 2.73 bits per heavy atom. The zero-order chi connectivity index (χ0) is 15.4. The highest BCUT2D eigenvalue weighted by molar-refractivity contribution is 5.73. The molecule has 1 aliphatic rings. The van der Waals surface area contributed by atoms with Crippen molar-refractivity contribution in [3.63, 3.8) is 0 Å². The number of hydrogen-bond acceptors (Lipinski definition) is 5. The molecule has 2 heterocycles. The Labute approximate surface area is 130 Å². The molecule has 0 amide bonds. The van der Waals surface area contributed by atoms with E-state index in [0.29, 0.717) is 12.6 Å². The molecule has 3 N–H and O–H groups in total. The summed E-state index contributed by atoms with van der Waals surface area (Å²) in [4.78, 5) is 8.67. The Kier molecular flexibility index (Phi) is 4.23. The van der Waals surface area contributed by atoms with Gasteiger partial charge in [0.25, 0.3) is 6.02 Å². The molecule has 5 heteroatoms. The van der Waals surface area contributed by atoms with E-state index in [1.807, 2.05) is 25.1 Å². The van der Waals surface area contributed by atoms with Crippen molar-refractivity contribution < 1.29 is 4.74 Å². The molecular weight excluding hydrogens is 276 g/mol. The van der Waals surface area contributed by atoms with Crippen LogP contribution >= 0.6 is 0 Å². The third kappa shape index (κ3) is 3.75. The molecule has 1 aliphatic heterocycles. The van der Waals surface area contributed by atoms with E-state index in [1.54, 1.807) is 0 Å². The van der Waals surface area contributed by atoms with Gasteiger partial charge in [0.2, 0.25) is 0 Å². The van der Waals surface area contributed by atoms with Crippen LogP contribution < -0.4 is 11.1 Å². The van der Waals surface area contributed by atoms with Gasteiger partial charge in [-0.2, -0.15) is 0 Å². The van der Waals surface area contributed by atoms with Gasteiger partial charge in [0.1, 0.15) is 12.4 Å². The predicted molar refractivity (Wildman–Crippen MR) is 88.4 cm³/mol. The van der Waals surface area contributed by atoms with Crippen LogP contribution in [0.5, 0.6) is 0 Å². The first kappa shape index (κ1) is 14.4. The second kappa shape index (κ2) is 6.47. The van der Waals surface area contributed by atoms with E-state index < -0.39 is 0 Å². The Morgan fingerprint density at radius 1 is 1.23 bits per heavy atom. The van der Waals surface area contributed by atoms with E-state index in [-0.39, 0.29) is 6.04 Å². The number of anilines is 2. The summed E-state index contributed by atoms with van der Waals surface area (Å²) in [5.41, 5.74) is 8.83. The van der Waals surface area contributed by atoms with Crippen LogP contribution in [0.2, 0.25) is 0 Å². The van der Waals surface area contributed by atoms with Gasteiger partial charge < -0.3 is 15.8 Å². The van der Waals surface area contributed by atoms with E-state index in [2.05, 4.69) is 39.6 Å². The molecule has 1 atom stereocenters. The molecule has 114 valence electrons. The molecule has 1 aromatic heterocycles. The number of rotatable bonds is 5. The zero-order valence-corrected chi connectivity index (χ0v) is 12.6. The van der Waals surface area contributed by atoms with Gasteiger partial charge in [-0.05, 0) is 49.6 Å². The van der Waals surface area contributed by atoms with Crippen LogP contribution in [0.4, 0.5) is 11.5 Å². The molecule has 1 aromatic carbocycles. The maximum Gasteiger partial charge on any atom is 0.282 e. The number of nitrogens with zero attached hydrogens (tertiary/aromatic N) is 2. The predicted octanol–water partition coefficient (Wildman–Crippen LogP) is 2.78. The number of hydrogen-bond donors (Lipinski definition) is 2. The fourth-order valence-corrected chi connectivity index (χ4v) is 2.43. The first-order chi connectivity index (χ1) is 10.7. The maximum atomic E-state index is 5.51. The number of aromatic nitrogens is 1. The summed E-state index contributed by atoms with van der Waals surface area (Å²) >= 11 is 0. The van der Waals surface area contributed by atoms with Crippen molar-refractivity contribution in [3.05, 3.63) is 53.7 Å². The van der Waals surface area contributed by atoms with Crippen LogP contribution in [0.3, 0.4) is 0 Å². The largest absolute Gasteiger partial charge is 0.463 e. The fourth-order valence-electron chi connectivity index (χ4n) is 2.43. The number of benzene rings is 1. The zero-order valence-electron chi connectivity index (χ0n) is 12.6. The van der Waals surface area contributed by atoms with Crippen molar-refractivity contribution >= 4 is 17.5 Å². The Hall–Kier alpha value is -2.56. The number of nitrogens with one attached hydrogen (secondary N) is 1. The molecule has 0 bridgehead atoms. The molecule has 0 spiro atoms. The van der Waals surface area contributed by atoms with E-state index >= 15 is 0 Å². The van der Waals surface area contributed by atoms with Gasteiger partial charge in [-0.3, -0.25) is 0 Å². The van der Waals surface area contributed by atoms with E-state index in [4.69, 9.17) is 10.5 Å². The molecule has 3 rings (SSSR count). The first-order valence-electron chi connectivity index (χ1n) is 7.45. The molecule has 0 unspecified atom stereocenters. The van der Waals surface area contributed by atoms with Gasteiger partial charge in [0.05, 0.1) is 6.04 Å². The number of nitrogens with two attached hydrogens (primary N) is 1. The monoisotopic (exact) mass is 296 g/mol. The minimum absolute atomic E-state index is 0.189. The summed E-state index contributed by atoms with van der Waals surface area (Å²) in [6.45, 7) is 2.58. The van der Waals surface area contributed by atoms with Gasteiger partial charge in [0.15, 0.2) is 0 Å². The highest BCUT2D eigenvalue weighted by Gasteiger charge is 2.16. The molecule has 2 aromatic rings. The number of amidine groups is 1. The highest BCUT2D eigenvalue weighted by Crippen LogP contribution is 2.17. The quantitative estimate of drug-likeness (QED) is 0.890. The van der Waals surface area contributed by atoms with Crippen molar-refractivity contribution in [1.29, 1.82) is 0 Å². The van der Waals surface area contributed by atoms with Crippen LogP contribution in [0.15, 0.2) is 47.5 Å². The van der Waals surface area contributed by atoms with Crippen molar-refractivity contribution in [3.8, 4) is 0 Å². The third-order valence-electron chi connectivity index (χ3n) is 3.61. The van der Waals surface area contributed by atoms with Crippen LogP contribution in [0.1, 0.15) is 17.7 Å². The smallest absolute Gasteiger partial charge is 0.282 e. The van der Waals surface area contributed by atoms with Gasteiger partial charge in [-0.15, -0.1) is 0 Å². The first-order valence-corrected chi connectivity index (χ1v) is 7.45.